The van der Waals surface area contributed by atoms with Gasteiger partial charge in [0.2, 0.25) is 0 Å². The van der Waals surface area contributed by atoms with E-state index in [4.69, 9.17) is 5.73 Å². The first kappa shape index (κ1) is 9.64. The molecule has 0 aliphatic carbocycles. The number of aliphatic hydroxyl groups is 1. The topological polar surface area (TPSA) is 46.2 Å². The van der Waals surface area contributed by atoms with Crippen LogP contribution >= 0.6 is 15.9 Å². The summed E-state index contributed by atoms with van der Waals surface area (Å²) in [7, 11) is 0. The van der Waals surface area contributed by atoms with Gasteiger partial charge in [0.15, 0.2) is 0 Å². The Morgan fingerprint density at radius 2 is 2.25 bits per heavy atom. The number of nitrogens with two attached hydrogens (primary N) is 1. The number of aliphatic hydroxyl groups excluding tert-OH is 1. The maximum atomic E-state index is 12.9. The Morgan fingerprint density at radius 3 is 2.83 bits per heavy atom. The van der Waals surface area contributed by atoms with Crippen LogP contribution < -0.4 is 5.73 Å². The van der Waals surface area contributed by atoms with Crippen LogP contribution in [0.1, 0.15) is 11.7 Å². The molecule has 1 unspecified atom stereocenters. The Labute approximate surface area is 78.3 Å². The van der Waals surface area contributed by atoms with E-state index in [2.05, 4.69) is 15.9 Å². The summed E-state index contributed by atoms with van der Waals surface area (Å²) in [5.41, 5.74) is 5.71. The van der Waals surface area contributed by atoms with E-state index >= 15 is 0 Å². The van der Waals surface area contributed by atoms with Crippen LogP contribution in [0.5, 0.6) is 0 Å². The normalized spacial score (nSPS) is 13.0. The van der Waals surface area contributed by atoms with Gasteiger partial charge in [-0.3, -0.25) is 0 Å². The SMILES string of the molecule is NCC(O)c1cccc(F)c1Br. The average molecular weight is 234 g/mol. The molecule has 1 rings (SSSR count). The Bertz CT molecular complexity index is 280. The molecule has 0 heterocycles. The molecule has 4 heteroatoms. The van der Waals surface area contributed by atoms with Gasteiger partial charge in [0.25, 0.3) is 0 Å². The minimum absolute atomic E-state index is 0.0854. The first-order valence-electron chi connectivity index (χ1n) is 3.49. The van der Waals surface area contributed by atoms with Gasteiger partial charge in [-0.15, -0.1) is 0 Å². The lowest BCUT2D eigenvalue weighted by atomic mass is 10.1. The predicted molar refractivity (Wildman–Crippen MR) is 48.1 cm³/mol. The van der Waals surface area contributed by atoms with E-state index in [9.17, 15) is 9.50 Å². The molecule has 0 saturated heterocycles. The fourth-order valence-electron chi connectivity index (χ4n) is 0.905. The third-order valence-electron chi connectivity index (χ3n) is 1.56. The van der Waals surface area contributed by atoms with Crippen LogP contribution in [0.25, 0.3) is 0 Å². The van der Waals surface area contributed by atoms with Crippen LogP contribution in [-0.4, -0.2) is 11.7 Å². The Kier molecular flexibility index (Phi) is 3.20. The molecule has 66 valence electrons. The maximum absolute atomic E-state index is 12.9. The lowest BCUT2D eigenvalue weighted by Gasteiger charge is -2.09. The molecule has 0 saturated carbocycles. The third kappa shape index (κ3) is 1.83. The molecule has 1 atom stereocenters. The van der Waals surface area contributed by atoms with Crippen LogP contribution in [0.2, 0.25) is 0 Å². The van der Waals surface area contributed by atoms with E-state index in [0.29, 0.717) is 5.56 Å². The van der Waals surface area contributed by atoms with Gasteiger partial charge in [-0.25, -0.2) is 4.39 Å². The molecule has 0 fully saturated rings. The second-order valence-electron chi connectivity index (χ2n) is 2.39. The van der Waals surface area contributed by atoms with Crippen molar-refractivity contribution in [3.63, 3.8) is 0 Å². The number of rotatable bonds is 2. The molecular weight excluding hydrogens is 225 g/mol. The van der Waals surface area contributed by atoms with Crippen LogP contribution in [-0.2, 0) is 0 Å². The molecule has 1 aromatic carbocycles. The monoisotopic (exact) mass is 233 g/mol. The Balaban J connectivity index is 3.07. The molecule has 0 radical (unpaired) electrons. The molecule has 0 bridgehead atoms. The summed E-state index contributed by atoms with van der Waals surface area (Å²) in [5.74, 6) is -0.389. The molecule has 0 aliphatic heterocycles. The lowest BCUT2D eigenvalue weighted by Crippen LogP contribution is -2.12. The van der Waals surface area contributed by atoms with Gasteiger partial charge in [-0.2, -0.15) is 0 Å². The lowest BCUT2D eigenvalue weighted by molar-refractivity contribution is 0.185. The van der Waals surface area contributed by atoms with E-state index < -0.39 is 6.10 Å². The van der Waals surface area contributed by atoms with E-state index in [0.717, 1.165) is 0 Å². The minimum atomic E-state index is -0.810. The number of benzene rings is 1. The Hall–Kier alpha value is -0.450. The highest BCUT2D eigenvalue weighted by molar-refractivity contribution is 9.10. The zero-order chi connectivity index (χ0) is 9.14. The number of halogens is 2. The summed E-state index contributed by atoms with van der Waals surface area (Å²) >= 11 is 3.03. The van der Waals surface area contributed by atoms with Crippen molar-refractivity contribution in [2.45, 2.75) is 6.10 Å². The molecule has 0 aliphatic rings. The fourth-order valence-corrected chi connectivity index (χ4v) is 1.43. The van der Waals surface area contributed by atoms with Crippen molar-refractivity contribution in [2.24, 2.45) is 5.73 Å². The molecule has 3 N–H and O–H groups in total. The van der Waals surface area contributed by atoms with Crippen LogP contribution in [0.3, 0.4) is 0 Å². The summed E-state index contributed by atoms with van der Waals surface area (Å²) in [6.45, 7) is 0.0854. The summed E-state index contributed by atoms with van der Waals surface area (Å²) in [6.07, 6.45) is -0.810. The minimum Gasteiger partial charge on any atom is -0.387 e. The van der Waals surface area contributed by atoms with Crippen molar-refractivity contribution in [1.29, 1.82) is 0 Å². The molecule has 1 aromatic rings. The van der Waals surface area contributed by atoms with E-state index in [1.807, 2.05) is 0 Å². The highest BCUT2D eigenvalue weighted by atomic mass is 79.9. The number of hydrogen-bond donors (Lipinski definition) is 2. The van der Waals surface area contributed by atoms with Crippen molar-refractivity contribution >= 4 is 15.9 Å². The van der Waals surface area contributed by atoms with Gasteiger partial charge in [0.05, 0.1) is 10.6 Å². The van der Waals surface area contributed by atoms with Crippen molar-refractivity contribution in [2.75, 3.05) is 6.54 Å². The van der Waals surface area contributed by atoms with Gasteiger partial charge < -0.3 is 10.8 Å². The van der Waals surface area contributed by atoms with Crippen molar-refractivity contribution < 1.29 is 9.50 Å². The van der Waals surface area contributed by atoms with Crippen molar-refractivity contribution in [1.82, 2.24) is 0 Å². The van der Waals surface area contributed by atoms with Gasteiger partial charge in [0, 0.05) is 6.54 Å². The van der Waals surface area contributed by atoms with E-state index in [1.165, 1.54) is 12.1 Å². The highest BCUT2D eigenvalue weighted by Crippen LogP contribution is 2.25. The number of hydrogen-bond acceptors (Lipinski definition) is 2. The average Bonchev–Trinajstić information content (AvgIpc) is 2.08. The zero-order valence-electron chi connectivity index (χ0n) is 6.30. The second kappa shape index (κ2) is 3.98. The smallest absolute Gasteiger partial charge is 0.137 e. The quantitative estimate of drug-likeness (QED) is 0.815. The van der Waals surface area contributed by atoms with Gasteiger partial charge >= 0.3 is 0 Å². The molecule has 12 heavy (non-hydrogen) atoms. The first-order valence-corrected chi connectivity index (χ1v) is 4.28. The third-order valence-corrected chi connectivity index (χ3v) is 2.40. The van der Waals surface area contributed by atoms with E-state index in [-0.39, 0.29) is 16.8 Å². The van der Waals surface area contributed by atoms with Gasteiger partial charge in [-0.1, -0.05) is 12.1 Å². The predicted octanol–water partition coefficient (Wildman–Crippen LogP) is 1.58. The standard InChI is InChI=1S/C8H9BrFNO/c9-8-5(7(12)4-11)2-1-3-6(8)10/h1-3,7,12H,4,11H2. The first-order chi connectivity index (χ1) is 5.66. The van der Waals surface area contributed by atoms with Crippen LogP contribution in [0.15, 0.2) is 22.7 Å². The summed E-state index contributed by atoms with van der Waals surface area (Å²) < 4.78 is 13.2. The van der Waals surface area contributed by atoms with E-state index in [1.54, 1.807) is 6.07 Å². The second-order valence-corrected chi connectivity index (χ2v) is 3.19. The zero-order valence-corrected chi connectivity index (χ0v) is 7.88. The van der Waals surface area contributed by atoms with Crippen LogP contribution in [0, 0.1) is 5.82 Å². The Morgan fingerprint density at radius 1 is 1.58 bits per heavy atom. The molecule has 0 aromatic heterocycles. The highest BCUT2D eigenvalue weighted by Gasteiger charge is 2.11. The molecule has 2 nitrogen and oxygen atoms in total. The molecular formula is C8H9BrFNO. The summed E-state index contributed by atoms with van der Waals surface area (Å²) in [4.78, 5) is 0. The maximum Gasteiger partial charge on any atom is 0.137 e. The van der Waals surface area contributed by atoms with Gasteiger partial charge in [-0.05, 0) is 27.6 Å². The molecule has 0 spiro atoms. The molecule has 0 amide bonds. The summed E-state index contributed by atoms with van der Waals surface area (Å²) in [5, 5.41) is 9.31. The largest absolute Gasteiger partial charge is 0.387 e. The fraction of sp³-hybridized carbons (Fsp3) is 0.250. The van der Waals surface area contributed by atoms with Crippen molar-refractivity contribution in [3.05, 3.63) is 34.1 Å². The van der Waals surface area contributed by atoms with Gasteiger partial charge in [0.1, 0.15) is 5.82 Å². The van der Waals surface area contributed by atoms with Crippen molar-refractivity contribution in [3.8, 4) is 0 Å². The summed E-state index contributed by atoms with van der Waals surface area (Å²) in [6, 6.07) is 4.48. The van der Waals surface area contributed by atoms with Crippen LogP contribution in [0.4, 0.5) is 4.39 Å².